The van der Waals surface area contributed by atoms with Crippen LogP contribution in [0, 0.1) is 6.92 Å². The van der Waals surface area contributed by atoms with Crippen LogP contribution in [0.25, 0.3) is 0 Å². The summed E-state index contributed by atoms with van der Waals surface area (Å²) < 4.78 is 5.86. The quantitative estimate of drug-likeness (QED) is 0.302. The van der Waals surface area contributed by atoms with Crippen molar-refractivity contribution < 1.29 is 14.7 Å². The molecule has 29 heavy (non-hydrogen) atoms. The number of benzene rings is 2. The van der Waals surface area contributed by atoms with Gasteiger partial charge in [0.2, 0.25) is 0 Å². The molecule has 0 saturated heterocycles. The maximum Gasteiger partial charge on any atom is 0.160 e. The Labute approximate surface area is 173 Å². The fraction of sp³-hybridized carbons (Fsp3) is 0.440. The maximum absolute atomic E-state index is 11.6. The van der Waals surface area contributed by atoms with Crippen molar-refractivity contribution >= 4 is 11.5 Å². The van der Waals surface area contributed by atoms with Gasteiger partial charge in [0.05, 0.1) is 0 Å². The van der Waals surface area contributed by atoms with Gasteiger partial charge in [-0.05, 0) is 78.5 Å². The van der Waals surface area contributed by atoms with E-state index in [1.165, 1.54) is 11.1 Å². The molecule has 4 nitrogen and oxygen atoms in total. The topological polar surface area (TPSA) is 58.9 Å². The molecule has 0 fully saturated rings. The van der Waals surface area contributed by atoms with E-state index in [2.05, 4.69) is 45.0 Å². The van der Waals surface area contributed by atoms with Gasteiger partial charge in [-0.3, -0.25) is 4.79 Å². The smallest absolute Gasteiger partial charge is 0.160 e. The van der Waals surface area contributed by atoms with Gasteiger partial charge in [0.1, 0.15) is 18.1 Å². The lowest BCUT2D eigenvalue weighted by Crippen LogP contribution is -2.34. The van der Waals surface area contributed by atoms with Crippen LogP contribution in [0.3, 0.4) is 0 Å². The van der Waals surface area contributed by atoms with Gasteiger partial charge in [0, 0.05) is 11.1 Å². The Bertz CT molecular complexity index is 970. The van der Waals surface area contributed by atoms with Gasteiger partial charge in [-0.25, -0.2) is 0 Å². The first-order valence-corrected chi connectivity index (χ1v) is 10.2. The van der Waals surface area contributed by atoms with E-state index in [0.29, 0.717) is 17.0 Å². The molecule has 0 saturated carbocycles. The fourth-order valence-electron chi connectivity index (χ4n) is 4.21. The number of ketones is 1. The van der Waals surface area contributed by atoms with Gasteiger partial charge in [-0.2, -0.15) is 0 Å². The van der Waals surface area contributed by atoms with Crippen LogP contribution in [0.15, 0.2) is 41.6 Å². The SMILES string of the molecule is CC(=O)c1ccc(OC/C(=N\O)c2ccc3c(c2)C(C)(C)CCC3(C)C)cc1C. The van der Waals surface area contributed by atoms with Crippen LogP contribution in [0.4, 0.5) is 0 Å². The number of rotatable bonds is 5. The second kappa shape index (κ2) is 7.66. The summed E-state index contributed by atoms with van der Waals surface area (Å²) in [6.07, 6.45) is 2.28. The van der Waals surface area contributed by atoms with Crippen molar-refractivity contribution in [3.8, 4) is 5.75 Å². The lowest BCUT2D eigenvalue weighted by Gasteiger charge is -2.42. The highest BCUT2D eigenvalue weighted by Gasteiger charge is 2.37. The van der Waals surface area contributed by atoms with Gasteiger partial charge in [-0.1, -0.05) is 45.0 Å². The van der Waals surface area contributed by atoms with Crippen LogP contribution in [-0.2, 0) is 10.8 Å². The van der Waals surface area contributed by atoms with Crippen LogP contribution in [0.5, 0.6) is 5.75 Å². The molecular weight excluding hydrogens is 362 g/mol. The van der Waals surface area contributed by atoms with Crippen LogP contribution in [-0.4, -0.2) is 23.3 Å². The Morgan fingerprint density at radius 2 is 1.69 bits per heavy atom. The molecule has 0 heterocycles. The van der Waals surface area contributed by atoms with Crippen molar-refractivity contribution in [3.05, 3.63) is 64.2 Å². The van der Waals surface area contributed by atoms with Gasteiger partial charge < -0.3 is 9.94 Å². The molecule has 0 atom stereocenters. The molecule has 0 spiro atoms. The number of fused-ring (bicyclic) bond motifs is 1. The summed E-state index contributed by atoms with van der Waals surface area (Å²) in [5.41, 5.74) is 5.83. The van der Waals surface area contributed by atoms with E-state index in [0.717, 1.165) is 24.0 Å². The lowest BCUT2D eigenvalue weighted by molar-refractivity contribution is 0.101. The summed E-state index contributed by atoms with van der Waals surface area (Å²) >= 11 is 0. The number of ether oxygens (including phenoxy) is 1. The van der Waals surface area contributed by atoms with Crippen LogP contribution in [0.2, 0.25) is 0 Å². The fourth-order valence-corrected chi connectivity index (χ4v) is 4.21. The van der Waals surface area contributed by atoms with E-state index in [1.807, 2.05) is 19.1 Å². The number of hydrogen-bond acceptors (Lipinski definition) is 4. The molecular formula is C25H31NO3. The third-order valence-electron chi connectivity index (χ3n) is 6.26. The minimum Gasteiger partial charge on any atom is -0.487 e. The molecule has 1 aliphatic carbocycles. The standard InChI is InChI=1S/C25H31NO3/c1-16-13-19(8-9-20(16)17(2)27)29-15-23(26-28)18-7-10-21-22(14-18)25(5,6)12-11-24(21,3)4/h7-10,13-14,28H,11-12,15H2,1-6H3/b26-23+. The van der Waals surface area contributed by atoms with Crippen molar-refractivity contribution in [1.29, 1.82) is 0 Å². The molecule has 2 aromatic carbocycles. The molecule has 3 rings (SSSR count). The monoisotopic (exact) mass is 393 g/mol. The molecule has 0 unspecified atom stereocenters. The summed E-state index contributed by atoms with van der Waals surface area (Å²) in [6.45, 7) is 12.7. The average molecular weight is 394 g/mol. The van der Waals surface area contributed by atoms with Crippen molar-refractivity contribution in [2.75, 3.05) is 6.61 Å². The zero-order chi connectivity index (χ0) is 21.4. The highest BCUT2D eigenvalue weighted by molar-refractivity contribution is 6.01. The van der Waals surface area contributed by atoms with Crippen molar-refractivity contribution in [2.24, 2.45) is 5.16 Å². The number of Topliss-reactive ketones (excluding diaryl/α,β-unsaturated/α-hetero) is 1. The molecule has 154 valence electrons. The number of oxime groups is 1. The first-order chi connectivity index (χ1) is 13.5. The summed E-state index contributed by atoms with van der Waals surface area (Å²) in [6, 6.07) is 11.7. The first kappa shape index (κ1) is 21.1. The van der Waals surface area contributed by atoms with Gasteiger partial charge in [0.15, 0.2) is 5.78 Å². The molecule has 0 bridgehead atoms. The van der Waals surface area contributed by atoms with Gasteiger partial charge in [0.25, 0.3) is 0 Å². The highest BCUT2D eigenvalue weighted by Crippen LogP contribution is 2.45. The van der Waals surface area contributed by atoms with Crippen molar-refractivity contribution in [2.45, 2.75) is 65.2 Å². The van der Waals surface area contributed by atoms with Gasteiger partial charge in [-0.15, -0.1) is 0 Å². The van der Waals surface area contributed by atoms with E-state index in [9.17, 15) is 10.0 Å². The Hall–Kier alpha value is -2.62. The second-order valence-corrected chi connectivity index (χ2v) is 9.40. The zero-order valence-electron chi connectivity index (χ0n) is 18.3. The van der Waals surface area contributed by atoms with E-state index in [1.54, 1.807) is 19.1 Å². The van der Waals surface area contributed by atoms with E-state index in [-0.39, 0.29) is 23.2 Å². The zero-order valence-corrected chi connectivity index (χ0v) is 18.3. The van der Waals surface area contributed by atoms with Crippen LogP contribution >= 0.6 is 0 Å². The third kappa shape index (κ3) is 4.21. The first-order valence-electron chi connectivity index (χ1n) is 10.2. The third-order valence-corrected chi connectivity index (χ3v) is 6.26. The number of carbonyl (C=O) groups is 1. The summed E-state index contributed by atoms with van der Waals surface area (Å²) in [7, 11) is 0. The Balaban J connectivity index is 1.85. The minimum atomic E-state index is 0.0336. The Morgan fingerprint density at radius 3 is 2.28 bits per heavy atom. The second-order valence-electron chi connectivity index (χ2n) is 9.40. The normalized spacial score (nSPS) is 17.5. The number of nitrogens with zero attached hydrogens (tertiary/aromatic N) is 1. The highest BCUT2D eigenvalue weighted by atomic mass is 16.5. The minimum absolute atomic E-state index is 0.0336. The maximum atomic E-state index is 11.6. The largest absolute Gasteiger partial charge is 0.487 e. The molecule has 0 amide bonds. The van der Waals surface area contributed by atoms with Crippen molar-refractivity contribution in [3.63, 3.8) is 0 Å². The van der Waals surface area contributed by atoms with E-state index < -0.39 is 0 Å². The van der Waals surface area contributed by atoms with Crippen molar-refractivity contribution in [1.82, 2.24) is 0 Å². The number of aryl methyl sites for hydroxylation is 1. The van der Waals surface area contributed by atoms with E-state index >= 15 is 0 Å². The van der Waals surface area contributed by atoms with Crippen LogP contribution < -0.4 is 4.74 Å². The van der Waals surface area contributed by atoms with Crippen LogP contribution in [0.1, 0.15) is 80.1 Å². The number of carbonyl (C=O) groups excluding carboxylic acids is 1. The predicted octanol–water partition coefficient (Wildman–Crippen LogP) is 5.80. The summed E-state index contributed by atoms with van der Waals surface area (Å²) in [4.78, 5) is 11.6. The molecule has 0 aromatic heterocycles. The average Bonchev–Trinajstić information content (AvgIpc) is 2.66. The number of hydrogen-bond donors (Lipinski definition) is 1. The molecule has 0 radical (unpaired) electrons. The predicted molar refractivity (Wildman–Crippen MR) is 117 cm³/mol. The van der Waals surface area contributed by atoms with E-state index in [4.69, 9.17) is 4.74 Å². The summed E-state index contributed by atoms with van der Waals surface area (Å²) in [5, 5.41) is 13.1. The molecule has 2 aromatic rings. The Morgan fingerprint density at radius 1 is 1.03 bits per heavy atom. The molecule has 4 heteroatoms. The summed E-state index contributed by atoms with van der Waals surface area (Å²) in [5.74, 6) is 0.680. The molecule has 1 aliphatic rings. The molecule has 0 aliphatic heterocycles. The van der Waals surface area contributed by atoms with Gasteiger partial charge >= 0.3 is 0 Å². The molecule has 1 N–H and O–H groups in total. The Kier molecular flexibility index (Phi) is 5.57. The lowest BCUT2D eigenvalue weighted by atomic mass is 9.63.